The molecule has 1 atom stereocenters. The van der Waals surface area contributed by atoms with Crippen LogP contribution in [-0.4, -0.2) is 33.3 Å². The van der Waals surface area contributed by atoms with Crippen molar-refractivity contribution in [3.05, 3.63) is 59.4 Å². The lowest BCUT2D eigenvalue weighted by Crippen LogP contribution is -2.42. The van der Waals surface area contributed by atoms with Crippen LogP contribution in [0.4, 0.5) is 5.69 Å². The van der Waals surface area contributed by atoms with E-state index in [1.54, 1.807) is 34.1 Å². The van der Waals surface area contributed by atoms with Crippen LogP contribution in [0.2, 0.25) is 5.02 Å². The Hall–Kier alpha value is -2.86. The van der Waals surface area contributed by atoms with Crippen molar-refractivity contribution in [3.8, 4) is 17.1 Å². The summed E-state index contributed by atoms with van der Waals surface area (Å²) in [4.78, 5) is 19.0. The van der Waals surface area contributed by atoms with Gasteiger partial charge in [0.1, 0.15) is 12.4 Å². The molecule has 0 spiro atoms. The molecule has 0 saturated carbocycles. The molecule has 1 aliphatic rings. The minimum atomic E-state index is -0.136. The summed E-state index contributed by atoms with van der Waals surface area (Å²) >= 11 is 6.24. The standard InChI is InChI=1S/C19H17ClN4O2/c1-12-10-24(16-5-3-4-15(20)17(16)26-12)19(25)14-8-6-13(7-9-14)18-21-11-23(2)22-18/h3-9,11-12H,10H2,1-2H3. The smallest absolute Gasteiger partial charge is 0.258 e. The number of halogens is 1. The lowest BCUT2D eigenvalue weighted by atomic mass is 10.1. The van der Waals surface area contributed by atoms with E-state index in [1.165, 1.54) is 0 Å². The molecule has 1 aliphatic heterocycles. The zero-order valence-electron chi connectivity index (χ0n) is 14.4. The number of carbonyl (C=O) groups excluding carboxylic acids is 1. The third kappa shape index (κ3) is 2.93. The van der Waals surface area contributed by atoms with Crippen LogP contribution in [0.3, 0.4) is 0 Å². The number of hydrogen-bond donors (Lipinski definition) is 0. The first-order valence-corrected chi connectivity index (χ1v) is 8.64. The van der Waals surface area contributed by atoms with Crippen LogP contribution in [0.25, 0.3) is 11.4 Å². The summed E-state index contributed by atoms with van der Waals surface area (Å²) in [6.07, 6.45) is 1.51. The average Bonchev–Trinajstić information content (AvgIpc) is 3.08. The van der Waals surface area contributed by atoms with Crippen LogP contribution in [0.1, 0.15) is 17.3 Å². The highest BCUT2D eigenvalue weighted by atomic mass is 35.5. The second-order valence-corrected chi connectivity index (χ2v) is 6.66. The number of anilines is 1. The van der Waals surface area contributed by atoms with Gasteiger partial charge in [0.05, 0.1) is 17.3 Å². The number of para-hydroxylation sites is 1. The molecule has 3 aromatic rings. The van der Waals surface area contributed by atoms with E-state index in [4.69, 9.17) is 16.3 Å². The Balaban J connectivity index is 1.65. The Bertz CT molecular complexity index is 968. The van der Waals surface area contributed by atoms with Crippen molar-refractivity contribution in [3.63, 3.8) is 0 Å². The van der Waals surface area contributed by atoms with Crippen LogP contribution in [0, 0.1) is 0 Å². The van der Waals surface area contributed by atoms with E-state index in [-0.39, 0.29) is 12.0 Å². The summed E-state index contributed by atoms with van der Waals surface area (Å²) in [6, 6.07) is 12.7. The number of aromatic nitrogens is 3. The molecule has 1 aromatic heterocycles. The summed E-state index contributed by atoms with van der Waals surface area (Å²) in [6.45, 7) is 2.39. The predicted octanol–water partition coefficient (Wildman–Crippen LogP) is 3.56. The molecule has 1 unspecified atom stereocenters. The molecule has 0 radical (unpaired) electrons. The fourth-order valence-corrected chi connectivity index (χ4v) is 3.22. The molecule has 132 valence electrons. The van der Waals surface area contributed by atoms with Gasteiger partial charge in [-0.1, -0.05) is 29.8 Å². The Morgan fingerprint density at radius 1 is 1.23 bits per heavy atom. The van der Waals surface area contributed by atoms with Crippen molar-refractivity contribution in [2.24, 2.45) is 7.05 Å². The van der Waals surface area contributed by atoms with Crippen molar-refractivity contribution in [1.82, 2.24) is 14.8 Å². The summed E-state index contributed by atoms with van der Waals surface area (Å²) in [5.41, 5.74) is 2.14. The molecule has 26 heavy (non-hydrogen) atoms. The fourth-order valence-electron chi connectivity index (χ4n) is 3.00. The lowest BCUT2D eigenvalue weighted by molar-refractivity contribution is 0.0961. The molecule has 7 heteroatoms. The maximum atomic E-state index is 13.1. The second-order valence-electron chi connectivity index (χ2n) is 6.25. The Labute approximate surface area is 156 Å². The number of fused-ring (bicyclic) bond motifs is 1. The Morgan fingerprint density at radius 2 is 2.00 bits per heavy atom. The molecule has 0 N–H and O–H groups in total. The van der Waals surface area contributed by atoms with Gasteiger partial charge in [-0.15, -0.1) is 0 Å². The third-order valence-electron chi connectivity index (χ3n) is 4.23. The quantitative estimate of drug-likeness (QED) is 0.694. The molecular formula is C19H17ClN4O2. The van der Waals surface area contributed by atoms with Gasteiger partial charge < -0.3 is 9.64 Å². The monoisotopic (exact) mass is 368 g/mol. The second kappa shape index (κ2) is 6.46. The van der Waals surface area contributed by atoms with Gasteiger partial charge in [-0.05, 0) is 31.2 Å². The number of hydrogen-bond acceptors (Lipinski definition) is 4. The highest BCUT2D eigenvalue weighted by Gasteiger charge is 2.29. The van der Waals surface area contributed by atoms with Gasteiger partial charge in [0.2, 0.25) is 0 Å². The van der Waals surface area contributed by atoms with Gasteiger partial charge >= 0.3 is 0 Å². The minimum absolute atomic E-state index is 0.0933. The first-order valence-electron chi connectivity index (χ1n) is 8.26. The molecule has 0 aliphatic carbocycles. The van der Waals surface area contributed by atoms with Crippen LogP contribution in [0.5, 0.6) is 5.75 Å². The zero-order valence-corrected chi connectivity index (χ0v) is 15.1. The van der Waals surface area contributed by atoms with Gasteiger partial charge in [0, 0.05) is 18.2 Å². The van der Waals surface area contributed by atoms with E-state index < -0.39 is 0 Å². The molecule has 2 heterocycles. The first kappa shape index (κ1) is 16.6. The van der Waals surface area contributed by atoms with Crippen LogP contribution in [0.15, 0.2) is 48.8 Å². The number of benzene rings is 2. The maximum absolute atomic E-state index is 13.1. The molecule has 0 bridgehead atoms. The van der Waals surface area contributed by atoms with E-state index in [9.17, 15) is 4.79 Å². The van der Waals surface area contributed by atoms with Crippen LogP contribution >= 0.6 is 11.6 Å². The summed E-state index contributed by atoms with van der Waals surface area (Å²) in [5.74, 6) is 1.09. The van der Waals surface area contributed by atoms with Gasteiger partial charge in [-0.25, -0.2) is 4.98 Å². The van der Waals surface area contributed by atoms with Gasteiger partial charge in [-0.2, -0.15) is 5.10 Å². The van der Waals surface area contributed by atoms with E-state index in [0.29, 0.717) is 34.4 Å². The van der Waals surface area contributed by atoms with E-state index in [2.05, 4.69) is 10.1 Å². The van der Waals surface area contributed by atoms with Crippen molar-refractivity contribution in [2.75, 3.05) is 11.4 Å². The average molecular weight is 369 g/mol. The van der Waals surface area contributed by atoms with E-state index >= 15 is 0 Å². The van der Waals surface area contributed by atoms with Crippen molar-refractivity contribution in [2.45, 2.75) is 13.0 Å². The Kier molecular flexibility index (Phi) is 4.12. The topological polar surface area (TPSA) is 60.2 Å². The van der Waals surface area contributed by atoms with Gasteiger partial charge in [0.25, 0.3) is 5.91 Å². The number of aryl methyl sites for hydroxylation is 1. The molecule has 6 nitrogen and oxygen atoms in total. The number of amides is 1. The van der Waals surface area contributed by atoms with Crippen molar-refractivity contribution < 1.29 is 9.53 Å². The van der Waals surface area contributed by atoms with Crippen LogP contribution < -0.4 is 9.64 Å². The van der Waals surface area contributed by atoms with Gasteiger partial charge in [-0.3, -0.25) is 9.48 Å². The van der Waals surface area contributed by atoms with E-state index in [1.807, 2.05) is 38.2 Å². The number of carbonyl (C=O) groups is 1. The maximum Gasteiger partial charge on any atom is 0.258 e. The highest BCUT2D eigenvalue weighted by Crippen LogP contribution is 2.39. The number of ether oxygens (including phenoxy) is 1. The summed E-state index contributed by atoms with van der Waals surface area (Å²) in [5, 5.41) is 4.78. The molecule has 2 aromatic carbocycles. The molecule has 1 amide bonds. The minimum Gasteiger partial charge on any atom is -0.485 e. The van der Waals surface area contributed by atoms with Crippen molar-refractivity contribution in [1.29, 1.82) is 0 Å². The summed E-state index contributed by atoms with van der Waals surface area (Å²) < 4.78 is 7.46. The Morgan fingerprint density at radius 3 is 2.69 bits per heavy atom. The highest BCUT2D eigenvalue weighted by molar-refractivity contribution is 6.32. The van der Waals surface area contributed by atoms with Crippen molar-refractivity contribution >= 4 is 23.2 Å². The molecule has 0 saturated heterocycles. The third-order valence-corrected chi connectivity index (χ3v) is 4.53. The fraction of sp³-hybridized carbons (Fsp3) is 0.211. The molecule has 4 rings (SSSR count). The predicted molar refractivity (Wildman–Crippen MR) is 99.7 cm³/mol. The lowest BCUT2D eigenvalue weighted by Gasteiger charge is -2.34. The van der Waals surface area contributed by atoms with E-state index in [0.717, 1.165) is 5.56 Å². The molecular weight excluding hydrogens is 352 g/mol. The first-order chi connectivity index (χ1) is 12.5. The van der Waals surface area contributed by atoms with Gasteiger partial charge in [0.15, 0.2) is 11.6 Å². The summed E-state index contributed by atoms with van der Waals surface area (Å²) in [7, 11) is 1.82. The van der Waals surface area contributed by atoms with Crippen LogP contribution in [-0.2, 0) is 7.05 Å². The largest absolute Gasteiger partial charge is 0.485 e. The SMILES string of the molecule is CC1CN(C(=O)c2ccc(-c3ncn(C)n3)cc2)c2cccc(Cl)c2O1. The molecule has 0 fully saturated rings. The number of rotatable bonds is 2. The number of nitrogens with zero attached hydrogens (tertiary/aromatic N) is 4. The zero-order chi connectivity index (χ0) is 18.3. The normalized spacial score (nSPS) is 16.1.